The van der Waals surface area contributed by atoms with Crippen molar-refractivity contribution in [3.05, 3.63) is 0 Å². The molecule has 0 aromatic carbocycles. The smallest absolute Gasteiger partial charge is 0.181 e. The second-order valence-corrected chi connectivity index (χ2v) is 3.07. The summed E-state index contributed by atoms with van der Waals surface area (Å²) in [6.45, 7) is 2.91. The molecule has 0 spiro atoms. The van der Waals surface area contributed by atoms with E-state index >= 15 is 0 Å². The SMILES string of the molecule is NCCNC(C=O)(NCCN)NCCN. The summed E-state index contributed by atoms with van der Waals surface area (Å²) in [7, 11) is 0. The predicted molar refractivity (Wildman–Crippen MR) is 60.0 cm³/mol. The Morgan fingerprint density at radius 1 is 0.867 bits per heavy atom. The third-order valence-electron chi connectivity index (χ3n) is 1.82. The van der Waals surface area contributed by atoms with Crippen LogP contribution in [0.25, 0.3) is 0 Å². The highest BCUT2D eigenvalue weighted by atomic mass is 16.1. The Hall–Kier alpha value is -0.570. The minimum absolute atomic E-state index is 0.449. The third kappa shape index (κ3) is 5.78. The van der Waals surface area contributed by atoms with Gasteiger partial charge in [-0.25, -0.2) is 0 Å². The Labute approximate surface area is 90.1 Å². The highest BCUT2D eigenvalue weighted by Gasteiger charge is 2.26. The maximum Gasteiger partial charge on any atom is 0.181 e. The molecule has 7 heteroatoms. The fourth-order valence-electron chi connectivity index (χ4n) is 1.12. The summed E-state index contributed by atoms with van der Waals surface area (Å²) in [4.78, 5) is 11.0. The van der Waals surface area contributed by atoms with Gasteiger partial charge in [0.1, 0.15) is 0 Å². The van der Waals surface area contributed by atoms with Crippen molar-refractivity contribution in [1.82, 2.24) is 16.0 Å². The molecule has 0 atom stereocenters. The largest absolute Gasteiger partial charge is 0.329 e. The van der Waals surface area contributed by atoms with Gasteiger partial charge in [0, 0.05) is 39.3 Å². The van der Waals surface area contributed by atoms with E-state index in [0.717, 1.165) is 6.29 Å². The summed E-state index contributed by atoms with van der Waals surface area (Å²) in [6, 6.07) is 0. The van der Waals surface area contributed by atoms with Crippen LogP contribution in [0.2, 0.25) is 0 Å². The summed E-state index contributed by atoms with van der Waals surface area (Å²) in [5.41, 5.74) is 16.1. The number of hydrogen-bond acceptors (Lipinski definition) is 7. The lowest BCUT2D eigenvalue weighted by atomic mass is 10.3. The van der Waals surface area contributed by atoms with Gasteiger partial charge in [-0.3, -0.25) is 20.7 Å². The van der Waals surface area contributed by atoms with Gasteiger partial charge in [-0.15, -0.1) is 0 Å². The van der Waals surface area contributed by atoms with Gasteiger partial charge < -0.3 is 17.2 Å². The van der Waals surface area contributed by atoms with Crippen molar-refractivity contribution in [2.24, 2.45) is 17.2 Å². The van der Waals surface area contributed by atoms with Crippen LogP contribution >= 0.6 is 0 Å². The van der Waals surface area contributed by atoms with Gasteiger partial charge in [0.25, 0.3) is 0 Å². The van der Waals surface area contributed by atoms with Crippen molar-refractivity contribution in [3.63, 3.8) is 0 Å². The zero-order valence-electron chi connectivity index (χ0n) is 8.96. The van der Waals surface area contributed by atoms with Crippen molar-refractivity contribution < 1.29 is 4.79 Å². The minimum atomic E-state index is -0.974. The maximum atomic E-state index is 11.0. The fourth-order valence-corrected chi connectivity index (χ4v) is 1.12. The van der Waals surface area contributed by atoms with E-state index in [2.05, 4.69) is 16.0 Å². The molecule has 0 aliphatic carbocycles. The lowest BCUT2D eigenvalue weighted by molar-refractivity contribution is -0.116. The molecule has 0 aliphatic heterocycles. The average Bonchev–Trinajstić information content (AvgIpc) is 2.29. The molecular weight excluding hydrogens is 196 g/mol. The van der Waals surface area contributed by atoms with Gasteiger partial charge in [0.15, 0.2) is 12.1 Å². The number of aldehydes is 1. The van der Waals surface area contributed by atoms with E-state index in [9.17, 15) is 4.79 Å². The minimum Gasteiger partial charge on any atom is -0.329 e. The monoisotopic (exact) mass is 218 g/mol. The highest BCUT2D eigenvalue weighted by Crippen LogP contribution is 1.88. The molecule has 0 heterocycles. The Bertz CT molecular complexity index is 143. The number of hydrogen-bond donors (Lipinski definition) is 6. The topological polar surface area (TPSA) is 131 Å². The molecule has 15 heavy (non-hydrogen) atoms. The van der Waals surface area contributed by atoms with E-state index in [-0.39, 0.29) is 0 Å². The Balaban J connectivity index is 4.23. The molecule has 0 saturated carbocycles. The van der Waals surface area contributed by atoms with Crippen molar-refractivity contribution in [2.45, 2.75) is 5.79 Å². The number of carbonyl (C=O) groups excluding carboxylic acids is 1. The number of carbonyl (C=O) groups is 1. The summed E-state index contributed by atoms with van der Waals surface area (Å²) in [5.74, 6) is -0.974. The van der Waals surface area contributed by atoms with Crippen LogP contribution in [0.15, 0.2) is 0 Å². The van der Waals surface area contributed by atoms with Crippen molar-refractivity contribution in [3.8, 4) is 0 Å². The number of rotatable bonds is 10. The van der Waals surface area contributed by atoms with Crippen molar-refractivity contribution in [1.29, 1.82) is 0 Å². The van der Waals surface area contributed by atoms with Crippen molar-refractivity contribution in [2.75, 3.05) is 39.3 Å². The van der Waals surface area contributed by atoms with Gasteiger partial charge in [0.05, 0.1) is 0 Å². The predicted octanol–water partition coefficient (Wildman–Crippen LogP) is -3.52. The van der Waals surface area contributed by atoms with Gasteiger partial charge >= 0.3 is 0 Å². The first-order valence-corrected chi connectivity index (χ1v) is 5.06. The second kappa shape index (κ2) is 8.72. The molecule has 0 aliphatic rings. The Morgan fingerprint density at radius 3 is 1.40 bits per heavy atom. The van der Waals surface area contributed by atoms with E-state index in [1.165, 1.54) is 0 Å². The van der Waals surface area contributed by atoms with Crippen LogP contribution in [0.3, 0.4) is 0 Å². The van der Waals surface area contributed by atoms with Gasteiger partial charge in [-0.05, 0) is 0 Å². The van der Waals surface area contributed by atoms with Gasteiger partial charge in [0.2, 0.25) is 0 Å². The van der Waals surface area contributed by atoms with E-state index in [1.54, 1.807) is 0 Å². The first kappa shape index (κ1) is 14.4. The summed E-state index contributed by atoms with van der Waals surface area (Å²) < 4.78 is 0. The molecule has 0 unspecified atom stereocenters. The molecule has 0 fully saturated rings. The van der Waals surface area contributed by atoms with Crippen LogP contribution in [0.4, 0.5) is 0 Å². The quantitative estimate of drug-likeness (QED) is 0.165. The van der Waals surface area contributed by atoms with Crippen LogP contribution < -0.4 is 33.2 Å². The van der Waals surface area contributed by atoms with E-state index in [4.69, 9.17) is 17.2 Å². The molecule has 0 saturated heterocycles. The zero-order valence-corrected chi connectivity index (χ0v) is 8.96. The molecule has 0 aromatic rings. The van der Waals surface area contributed by atoms with Crippen LogP contribution in [0.1, 0.15) is 0 Å². The van der Waals surface area contributed by atoms with E-state index < -0.39 is 5.79 Å². The normalized spacial score (nSPS) is 11.7. The average molecular weight is 218 g/mol. The molecule has 7 nitrogen and oxygen atoms in total. The van der Waals surface area contributed by atoms with Crippen LogP contribution in [-0.2, 0) is 4.79 Å². The molecule has 0 amide bonds. The highest BCUT2D eigenvalue weighted by molar-refractivity contribution is 5.62. The number of nitrogens with two attached hydrogens (primary N) is 3. The van der Waals surface area contributed by atoms with Crippen LogP contribution in [-0.4, -0.2) is 51.3 Å². The molecule has 0 aromatic heterocycles. The Morgan fingerprint density at radius 2 is 1.20 bits per heavy atom. The second-order valence-electron chi connectivity index (χ2n) is 3.07. The summed E-state index contributed by atoms with van der Waals surface area (Å²) in [6.07, 6.45) is 0.758. The van der Waals surface area contributed by atoms with E-state index in [1.807, 2.05) is 0 Å². The first-order valence-electron chi connectivity index (χ1n) is 5.06. The molecular formula is C8H22N6O. The molecule has 90 valence electrons. The third-order valence-corrected chi connectivity index (χ3v) is 1.82. The van der Waals surface area contributed by atoms with Crippen LogP contribution in [0.5, 0.6) is 0 Å². The lowest BCUT2D eigenvalue weighted by Crippen LogP contribution is -2.69. The fraction of sp³-hybridized carbons (Fsp3) is 0.875. The Kier molecular flexibility index (Phi) is 8.38. The summed E-state index contributed by atoms with van der Waals surface area (Å²) in [5, 5.41) is 8.93. The lowest BCUT2D eigenvalue weighted by Gasteiger charge is -2.31. The van der Waals surface area contributed by atoms with Crippen molar-refractivity contribution >= 4 is 6.29 Å². The molecule has 0 radical (unpaired) electrons. The van der Waals surface area contributed by atoms with Gasteiger partial charge in [-0.1, -0.05) is 0 Å². The maximum absolute atomic E-state index is 11.0. The van der Waals surface area contributed by atoms with Gasteiger partial charge in [-0.2, -0.15) is 0 Å². The van der Waals surface area contributed by atoms with E-state index in [0.29, 0.717) is 39.3 Å². The summed E-state index contributed by atoms with van der Waals surface area (Å²) >= 11 is 0. The zero-order chi connectivity index (χ0) is 11.6. The number of nitrogens with one attached hydrogen (secondary N) is 3. The van der Waals surface area contributed by atoms with Crippen LogP contribution in [0, 0.1) is 0 Å². The molecule has 9 N–H and O–H groups in total. The first-order chi connectivity index (χ1) is 7.24. The standard InChI is InChI=1S/C8H22N6O/c9-1-4-12-8(7-15,13-5-2-10)14-6-3-11/h7,12-14H,1-6,9-11H2. The molecule has 0 bridgehead atoms. The molecule has 0 rings (SSSR count).